The van der Waals surface area contributed by atoms with Gasteiger partial charge in [-0.1, -0.05) is 57.8 Å². The molecule has 0 aromatic carbocycles. The molecule has 0 N–H and O–H groups in total. The van der Waals surface area contributed by atoms with Crippen molar-refractivity contribution in [3.8, 4) is 0 Å². The van der Waals surface area contributed by atoms with Crippen LogP contribution >= 0.6 is 31.8 Å². The molecule has 0 aromatic rings. The van der Waals surface area contributed by atoms with E-state index in [0.29, 0.717) is 0 Å². The van der Waals surface area contributed by atoms with Crippen molar-refractivity contribution < 1.29 is 14.3 Å². The second-order valence-corrected chi connectivity index (χ2v) is 6.83. The fourth-order valence-corrected chi connectivity index (χ4v) is 2.90. The van der Waals surface area contributed by atoms with Crippen LogP contribution in [0.25, 0.3) is 0 Å². The Bertz CT molecular complexity index is 197. The smallest absolute Gasteiger partial charge is 0.0640 e. The van der Waals surface area contributed by atoms with E-state index in [1.165, 1.54) is 51.4 Å². The molecule has 0 aliphatic rings. The van der Waals surface area contributed by atoms with Gasteiger partial charge in [0.1, 0.15) is 0 Å². The lowest BCUT2D eigenvalue weighted by atomic mass is 10.1. The molecule has 0 fully saturated rings. The normalized spacial score (nSPS) is 13.1. The number of halogens is 2. The quantitative estimate of drug-likeness (QED) is 0.255. The summed E-state index contributed by atoms with van der Waals surface area (Å²) in [6.45, 7) is 0.0998. The van der Waals surface area contributed by atoms with Gasteiger partial charge in [-0.25, -0.2) is 0 Å². The molecular weight excluding hydrogens is 318 g/mol. The Morgan fingerprint density at radius 1 is 0.800 bits per heavy atom. The molecule has 0 aromatic heterocycles. The van der Waals surface area contributed by atoms with Crippen molar-refractivity contribution in [2.45, 2.75) is 76.0 Å². The maximum Gasteiger partial charge on any atom is 0.0640 e. The van der Waals surface area contributed by atoms with E-state index in [4.69, 9.17) is 23.2 Å². The monoisotopic (exact) mass is 344 g/mol. The van der Waals surface area contributed by atoms with Gasteiger partial charge in [0, 0.05) is 5.88 Å². The molecule has 1 unspecified atom stereocenters. The Morgan fingerprint density at radius 3 is 1.70 bits per heavy atom. The van der Waals surface area contributed by atoms with Crippen molar-refractivity contribution in [2.75, 3.05) is 12.5 Å². The summed E-state index contributed by atoms with van der Waals surface area (Å²) in [4.78, 5) is 20.4. The van der Waals surface area contributed by atoms with Crippen molar-refractivity contribution in [3.05, 3.63) is 0 Å². The van der Waals surface area contributed by atoms with Crippen molar-refractivity contribution >= 4 is 31.8 Å². The van der Waals surface area contributed by atoms with Gasteiger partial charge in [0.15, 0.2) is 0 Å². The molecule has 0 amide bonds. The van der Waals surface area contributed by atoms with E-state index in [9.17, 15) is 9.79 Å². The largest absolute Gasteiger partial charge is 0.820 e. The first-order chi connectivity index (χ1) is 9.66. The summed E-state index contributed by atoms with van der Waals surface area (Å²) in [6.07, 6.45) is 13.2. The first kappa shape index (κ1) is 20.9. The Hall–Kier alpha value is 0.890. The first-order valence-electron chi connectivity index (χ1n) is 7.64. The highest BCUT2D eigenvalue weighted by molar-refractivity contribution is 7.36. The molecule has 122 valence electrons. The van der Waals surface area contributed by atoms with E-state index in [1.54, 1.807) is 0 Å². The summed E-state index contributed by atoms with van der Waals surface area (Å²) in [7, 11) is -2.76. The summed E-state index contributed by atoms with van der Waals surface area (Å²) < 4.78 is 4.47. The molecule has 6 heteroatoms. The van der Waals surface area contributed by atoms with Gasteiger partial charge in [-0.3, -0.25) is 0 Å². The summed E-state index contributed by atoms with van der Waals surface area (Å²) in [6, 6.07) is 0. The number of hydrogen-bond donors (Lipinski definition) is 0. The van der Waals surface area contributed by atoms with Gasteiger partial charge >= 0.3 is 0 Å². The van der Waals surface area contributed by atoms with E-state index in [0.717, 1.165) is 25.1 Å². The van der Waals surface area contributed by atoms with E-state index in [2.05, 4.69) is 4.52 Å². The van der Waals surface area contributed by atoms with Gasteiger partial charge in [0.25, 0.3) is 0 Å². The zero-order valence-electron chi connectivity index (χ0n) is 12.2. The van der Waals surface area contributed by atoms with E-state index in [1.807, 2.05) is 0 Å². The zero-order chi connectivity index (χ0) is 15.1. The van der Waals surface area contributed by atoms with Crippen LogP contribution < -0.4 is 9.79 Å². The highest BCUT2D eigenvalue weighted by atomic mass is 35.5. The molecule has 0 spiro atoms. The standard InChI is InChI=1S/C14H27Cl2O3P/c15-12-10-8-6-4-2-1-3-5-7-9-11-14(16)13-19-20(17)18/h14H,1-13H2/q-2. The van der Waals surface area contributed by atoms with E-state index >= 15 is 0 Å². The third-order valence-corrected chi connectivity index (χ3v) is 4.23. The average Bonchev–Trinajstić information content (AvgIpc) is 2.42. The van der Waals surface area contributed by atoms with Crippen molar-refractivity contribution in [3.63, 3.8) is 0 Å². The highest BCUT2D eigenvalue weighted by Crippen LogP contribution is 2.18. The Balaban J connectivity index is 3.09. The van der Waals surface area contributed by atoms with Crippen LogP contribution in [0, 0.1) is 0 Å². The summed E-state index contributed by atoms with van der Waals surface area (Å²) in [5.74, 6) is 0.790. The molecule has 0 aliphatic heterocycles. The maximum atomic E-state index is 10.2. The number of alkyl halides is 2. The average molecular weight is 345 g/mol. The molecule has 0 rings (SSSR count). The minimum Gasteiger partial charge on any atom is -0.820 e. The first-order valence-corrected chi connectivity index (χ1v) is 9.70. The summed E-state index contributed by atoms with van der Waals surface area (Å²) in [5.41, 5.74) is 0. The van der Waals surface area contributed by atoms with Crippen LogP contribution in [0.15, 0.2) is 0 Å². The van der Waals surface area contributed by atoms with Crippen molar-refractivity contribution in [1.82, 2.24) is 0 Å². The van der Waals surface area contributed by atoms with Gasteiger partial charge in [-0.2, -0.15) is 8.60 Å². The molecule has 0 bridgehead atoms. The van der Waals surface area contributed by atoms with E-state index < -0.39 is 8.60 Å². The van der Waals surface area contributed by atoms with Gasteiger partial charge in [-0.15, -0.1) is 23.2 Å². The Kier molecular flexibility index (Phi) is 17.0. The molecule has 0 saturated heterocycles. The number of rotatable bonds is 15. The summed E-state index contributed by atoms with van der Waals surface area (Å²) >= 11 is 11.6. The van der Waals surface area contributed by atoms with E-state index in [-0.39, 0.29) is 12.0 Å². The van der Waals surface area contributed by atoms with Crippen LogP contribution in [0.3, 0.4) is 0 Å². The topological polar surface area (TPSA) is 55.3 Å². The summed E-state index contributed by atoms with van der Waals surface area (Å²) in [5, 5.41) is -0.190. The second kappa shape index (κ2) is 16.3. The molecule has 0 heterocycles. The number of unbranched alkanes of at least 4 members (excludes halogenated alkanes) is 9. The van der Waals surface area contributed by atoms with Crippen LogP contribution in [0.4, 0.5) is 0 Å². The highest BCUT2D eigenvalue weighted by Gasteiger charge is 2.03. The van der Waals surface area contributed by atoms with Crippen LogP contribution in [0.5, 0.6) is 0 Å². The van der Waals surface area contributed by atoms with Crippen LogP contribution in [-0.2, 0) is 4.52 Å². The zero-order valence-corrected chi connectivity index (χ0v) is 14.6. The molecule has 0 saturated carbocycles. The fourth-order valence-electron chi connectivity index (χ4n) is 2.10. The maximum absolute atomic E-state index is 10.2. The predicted octanol–water partition coefficient (Wildman–Crippen LogP) is 4.09. The lowest BCUT2D eigenvalue weighted by molar-refractivity contribution is -0.318. The van der Waals surface area contributed by atoms with Gasteiger partial charge in [0.05, 0.1) is 12.0 Å². The molecule has 3 nitrogen and oxygen atoms in total. The molecule has 0 radical (unpaired) electrons. The Morgan fingerprint density at radius 2 is 1.25 bits per heavy atom. The molecule has 0 aliphatic carbocycles. The van der Waals surface area contributed by atoms with Gasteiger partial charge in [-0.05, 0) is 12.8 Å². The van der Waals surface area contributed by atoms with Crippen molar-refractivity contribution in [2.24, 2.45) is 0 Å². The SMILES string of the molecule is [O-]P([O-])OCC(Cl)CCCCCCCCCCCCCl. The minimum atomic E-state index is -2.76. The predicted molar refractivity (Wildman–Crippen MR) is 84.0 cm³/mol. The van der Waals surface area contributed by atoms with Crippen LogP contribution in [0.2, 0.25) is 0 Å². The van der Waals surface area contributed by atoms with Crippen LogP contribution in [-0.4, -0.2) is 17.9 Å². The molecule has 20 heavy (non-hydrogen) atoms. The lowest BCUT2D eigenvalue weighted by Gasteiger charge is -2.30. The van der Waals surface area contributed by atoms with Crippen molar-refractivity contribution in [1.29, 1.82) is 0 Å². The lowest BCUT2D eigenvalue weighted by Crippen LogP contribution is -2.15. The molecule has 1 atom stereocenters. The van der Waals surface area contributed by atoms with Crippen LogP contribution in [0.1, 0.15) is 70.6 Å². The second-order valence-electron chi connectivity index (χ2n) is 5.13. The van der Waals surface area contributed by atoms with Gasteiger partial charge in [0.2, 0.25) is 0 Å². The van der Waals surface area contributed by atoms with Gasteiger partial charge < -0.3 is 14.3 Å². The Labute approximate surface area is 135 Å². The minimum absolute atomic E-state index is 0.0998. The fraction of sp³-hybridized carbons (Fsp3) is 1.00. The third-order valence-electron chi connectivity index (χ3n) is 3.26. The number of hydrogen-bond acceptors (Lipinski definition) is 3. The molecular formula is C14H27Cl2O3P-2. The third kappa shape index (κ3) is 16.9.